The molecule has 0 heterocycles. The number of unbranched alkanes of at least 4 members (excludes halogenated alkanes) is 1. The summed E-state index contributed by atoms with van der Waals surface area (Å²) in [5, 5.41) is 8.55. The third-order valence-electron chi connectivity index (χ3n) is 1.69. The largest absolute Gasteiger partial charge is 0.478 e. The Balaban J connectivity index is 3.34. The van der Waals surface area contributed by atoms with E-state index in [-0.39, 0.29) is 0 Å². The number of rotatable bonds is 7. The van der Waals surface area contributed by atoms with Crippen molar-refractivity contribution in [1.29, 1.82) is 0 Å². The van der Waals surface area contributed by atoms with Gasteiger partial charge in [0.05, 0.1) is 0 Å². The van der Waals surface area contributed by atoms with Gasteiger partial charge in [0.25, 0.3) is 0 Å². The molecule has 0 unspecified atom stereocenters. The van der Waals surface area contributed by atoms with Crippen LogP contribution in [0.1, 0.15) is 33.1 Å². The number of thioether (sulfide) groups is 1. The van der Waals surface area contributed by atoms with Crippen LogP contribution in [0.4, 0.5) is 0 Å². The van der Waals surface area contributed by atoms with Crippen molar-refractivity contribution >= 4 is 17.7 Å². The van der Waals surface area contributed by atoms with E-state index in [1.807, 2.05) is 11.8 Å². The van der Waals surface area contributed by atoms with Crippen LogP contribution in [0.25, 0.3) is 0 Å². The second-order valence-corrected chi connectivity index (χ2v) is 4.17. The molecule has 0 aliphatic heterocycles. The molecule has 0 saturated heterocycles. The molecular formula is C10H18O2S. The minimum atomic E-state index is -0.807. The molecule has 0 spiro atoms. The first-order chi connectivity index (χ1) is 6.18. The van der Waals surface area contributed by atoms with Crippen molar-refractivity contribution in [2.24, 2.45) is 0 Å². The molecule has 0 amide bonds. The van der Waals surface area contributed by atoms with Crippen LogP contribution in [-0.2, 0) is 4.79 Å². The number of carboxylic acids is 1. The Labute approximate surface area is 84.4 Å². The molecule has 3 heteroatoms. The molecule has 0 rings (SSSR count). The maximum Gasteiger partial charge on any atom is 0.330 e. The van der Waals surface area contributed by atoms with Gasteiger partial charge in [-0.15, -0.1) is 0 Å². The molecule has 0 aliphatic carbocycles. The molecule has 76 valence electrons. The summed E-state index contributed by atoms with van der Waals surface area (Å²) in [6.07, 6.45) is 5.15. The lowest BCUT2D eigenvalue weighted by molar-refractivity contribution is -0.132. The number of carboxylic acid groups (broad SMARTS) is 1. The number of aliphatic carboxylic acids is 1. The van der Waals surface area contributed by atoms with E-state index < -0.39 is 5.97 Å². The summed E-state index contributed by atoms with van der Waals surface area (Å²) in [6, 6.07) is 0. The first-order valence-electron chi connectivity index (χ1n) is 4.66. The number of hydrogen-bond donors (Lipinski definition) is 1. The Bertz CT molecular complexity index is 176. The maximum absolute atomic E-state index is 10.4. The van der Waals surface area contributed by atoms with Gasteiger partial charge in [-0.2, -0.15) is 11.8 Å². The van der Waals surface area contributed by atoms with Gasteiger partial charge in [-0.05, 0) is 31.3 Å². The average Bonchev–Trinajstić information content (AvgIpc) is 2.10. The predicted octanol–water partition coefficient (Wildman–Crippen LogP) is 2.94. The molecular weight excluding hydrogens is 184 g/mol. The van der Waals surface area contributed by atoms with E-state index in [4.69, 9.17) is 5.11 Å². The first kappa shape index (κ1) is 12.6. The fraction of sp³-hybridized carbons (Fsp3) is 0.700. The van der Waals surface area contributed by atoms with Gasteiger partial charge in [-0.3, -0.25) is 0 Å². The highest BCUT2D eigenvalue weighted by Crippen LogP contribution is 2.07. The lowest BCUT2D eigenvalue weighted by Gasteiger charge is -1.97. The number of hydrogen-bond acceptors (Lipinski definition) is 2. The summed E-state index contributed by atoms with van der Waals surface area (Å²) in [5.74, 6) is 1.42. The highest BCUT2D eigenvalue weighted by Gasteiger charge is 1.97. The summed E-state index contributed by atoms with van der Waals surface area (Å²) >= 11 is 1.89. The van der Waals surface area contributed by atoms with E-state index in [2.05, 4.69) is 6.92 Å². The Kier molecular flexibility index (Phi) is 7.90. The zero-order valence-electron chi connectivity index (χ0n) is 8.38. The van der Waals surface area contributed by atoms with Crippen molar-refractivity contribution in [3.8, 4) is 0 Å². The fourth-order valence-electron chi connectivity index (χ4n) is 0.795. The molecule has 0 fully saturated rings. The normalized spacial score (nSPS) is 11.7. The van der Waals surface area contributed by atoms with Crippen LogP contribution in [0, 0.1) is 0 Å². The molecule has 2 nitrogen and oxygen atoms in total. The predicted molar refractivity (Wildman–Crippen MR) is 58.2 cm³/mol. The molecule has 0 aliphatic rings. The van der Waals surface area contributed by atoms with Crippen molar-refractivity contribution < 1.29 is 9.90 Å². The summed E-state index contributed by atoms with van der Waals surface area (Å²) in [6.45, 7) is 3.81. The number of carbonyl (C=O) groups is 1. The van der Waals surface area contributed by atoms with Gasteiger partial charge in [-0.1, -0.05) is 19.4 Å². The lowest BCUT2D eigenvalue weighted by Crippen LogP contribution is -1.95. The minimum Gasteiger partial charge on any atom is -0.478 e. The van der Waals surface area contributed by atoms with Crippen LogP contribution in [0.15, 0.2) is 11.6 Å². The fourth-order valence-corrected chi connectivity index (χ4v) is 1.78. The Morgan fingerprint density at radius 3 is 2.69 bits per heavy atom. The molecule has 0 aromatic heterocycles. The summed E-state index contributed by atoms with van der Waals surface area (Å²) in [5.41, 5.74) is 0.455. The third-order valence-corrected chi connectivity index (χ3v) is 2.79. The van der Waals surface area contributed by atoms with Crippen molar-refractivity contribution in [3.05, 3.63) is 11.6 Å². The second kappa shape index (κ2) is 8.17. The van der Waals surface area contributed by atoms with Gasteiger partial charge in [0.2, 0.25) is 0 Å². The van der Waals surface area contributed by atoms with Crippen molar-refractivity contribution in [2.75, 3.05) is 11.5 Å². The van der Waals surface area contributed by atoms with Gasteiger partial charge in [0.1, 0.15) is 0 Å². The molecule has 13 heavy (non-hydrogen) atoms. The van der Waals surface area contributed by atoms with Crippen LogP contribution in [0.3, 0.4) is 0 Å². The van der Waals surface area contributed by atoms with E-state index >= 15 is 0 Å². The standard InChI is InChI=1S/C10H18O2S/c1-3-4-7-13-8-5-6-9(2)10(11)12/h6H,3-5,7-8H2,1-2H3,(H,11,12). The van der Waals surface area contributed by atoms with Crippen molar-refractivity contribution in [3.63, 3.8) is 0 Å². The monoisotopic (exact) mass is 202 g/mol. The van der Waals surface area contributed by atoms with Gasteiger partial charge in [0, 0.05) is 5.57 Å². The molecule has 0 saturated carbocycles. The molecule has 0 atom stereocenters. The molecule has 0 radical (unpaired) electrons. The zero-order valence-corrected chi connectivity index (χ0v) is 9.19. The quantitative estimate of drug-likeness (QED) is 0.509. The SMILES string of the molecule is CCCCSCCC=C(C)C(=O)O. The average molecular weight is 202 g/mol. The third kappa shape index (κ3) is 7.91. The first-order valence-corrected chi connectivity index (χ1v) is 5.81. The Morgan fingerprint density at radius 1 is 1.46 bits per heavy atom. The van der Waals surface area contributed by atoms with Crippen molar-refractivity contribution in [1.82, 2.24) is 0 Å². The van der Waals surface area contributed by atoms with Gasteiger partial charge in [-0.25, -0.2) is 4.79 Å². The highest BCUT2D eigenvalue weighted by atomic mass is 32.2. The van der Waals surface area contributed by atoms with Crippen LogP contribution >= 0.6 is 11.8 Å². The topological polar surface area (TPSA) is 37.3 Å². The van der Waals surface area contributed by atoms with Crippen LogP contribution in [0.2, 0.25) is 0 Å². The minimum absolute atomic E-state index is 0.455. The van der Waals surface area contributed by atoms with Crippen LogP contribution < -0.4 is 0 Å². The van der Waals surface area contributed by atoms with E-state index in [0.717, 1.165) is 12.2 Å². The molecule has 0 bridgehead atoms. The van der Waals surface area contributed by atoms with Gasteiger partial charge in [0.15, 0.2) is 0 Å². The van der Waals surface area contributed by atoms with Crippen LogP contribution in [-0.4, -0.2) is 22.6 Å². The van der Waals surface area contributed by atoms with Crippen molar-refractivity contribution in [2.45, 2.75) is 33.1 Å². The summed E-state index contributed by atoms with van der Waals surface area (Å²) < 4.78 is 0. The van der Waals surface area contributed by atoms with Crippen LogP contribution in [0.5, 0.6) is 0 Å². The summed E-state index contributed by atoms with van der Waals surface area (Å²) in [7, 11) is 0. The second-order valence-electron chi connectivity index (χ2n) is 2.95. The van der Waals surface area contributed by atoms with E-state index in [0.29, 0.717) is 5.57 Å². The highest BCUT2D eigenvalue weighted by molar-refractivity contribution is 7.99. The summed E-state index contributed by atoms with van der Waals surface area (Å²) in [4.78, 5) is 10.4. The van der Waals surface area contributed by atoms with E-state index in [1.54, 1.807) is 13.0 Å². The maximum atomic E-state index is 10.4. The zero-order chi connectivity index (χ0) is 10.1. The van der Waals surface area contributed by atoms with E-state index in [9.17, 15) is 4.79 Å². The number of allylic oxidation sites excluding steroid dienone is 1. The Morgan fingerprint density at radius 2 is 2.15 bits per heavy atom. The Hall–Kier alpha value is -0.440. The molecule has 1 N–H and O–H groups in total. The van der Waals surface area contributed by atoms with E-state index in [1.165, 1.54) is 18.6 Å². The lowest BCUT2D eigenvalue weighted by atomic mass is 10.2. The smallest absolute Gasteiger partial charge is 0.330 e. The van der Waals surface area contributed by atoms with Gasteiger partial charge >= 0.3 is 5.97 Å². The molecule has 0 aromatic rings. The molecule has 0 aromatic carbocycles. The van der Waals surface area contributed by atoms with Gasteiger partial charge < -0.3 is 5.11 Å².